The molecule has 2 aromatic heterocycles. The summed E-state index contributed by atoms with van der Waals surface area (Å²) in [6.07, 6.45) is 4.95. The number of aromatic nitrogens is 4. The van der Waals surface area contributed by atoms with E-state index in [0.29, 0.717) is 85.7 Å². The largest absolute Gasteiger partial charge is 0.378 e. The van der Waals surface area contributed by atoms with Crippen molar-refractivity contribution in [3.05, 3.63) is 60.2 Å². The number of carbonyl (C=O) groups is 2. The van der Waals surface area contributed by atoms with Gasteiger partial charge < -0.3 is 39.4 Å². The van der Waals surface area contributed by atoms with Crippen LogP contribution in [0.5, 0.6) is 0 Å². The summed E-state index contributed by atoms with van der Waals surface area (Å²) in [4.78, 5) is 51.8. The maximum atomic E-state index is 12.8. The summed E-state index contributed by atoms with van der Waals surface area (Å²) in [7, 11) is 4.08. The number of hydrogen-bond acceptors (Lipinski definition) is 16. The molecule has 6 atom stereocenters. The fraction of sp³-hybridized carbons (Fsp3) is 0.524. The van der Waals surface area contributed by atoms with Gasteiger partial charge in [0, 0.05) is 64.1 Å². The third kappa shape index (κ3) is 9.88. The minimum atomic E-state index is -0.592. The highest BCUT2D eigenvalue weighted by Crippen LogP contribution is 2.30. The topological polar surface area (TPSA) is 207 Å². The molecule has 60 heavy (non-hydrogen) atoms. The molecule has 0 unspecified atom stereocenters. The van der Waals surface area contributed by atoms with Gasteiger partial charge in [-0.3, -0.25) is 39.3 Å². The highest BCUT2D eigenvalue weighted by atomic mass is 16.5. The molecule has 4 saturated heterocycles. The number of morpholine rings is 4. The highest BCUT2D eigenvalue weighted by Gasteiger charge is 2.34. The average Bonchev–Trinajstić information content (AvgIpc) is 3.27. The standard InChI is InChI=1S/2C21H26N6O3/c2*1-14-11-27(17-4-3-15(9-22)19-20(17)24-6-5-23-19)12-18(30-14)21(28)25-10-16-13-29-8-7-26(16)2/h2*3-6,14,16,18H,7-8,10-13H2,1-2H3,(H,25,28)/t14-,16+,18-;14-,16-,18-/m11/s1. The van der Waals surface area contributed by atoms with Gasteiger partial charge in [0.25, 0.3) is 11.8 Å². The van der Waals surface area contributed by atoms with Crippen molar-refractivity contribution in [3.8, 4) is 12.1 Å². The molecular weight excluding hydrogens is 769 g/mol. The predicted octanol–water partition coefficient (Wildman–Crippen LogP) is 1.08. The molecule has 18 nitrogen and oxygen atoms in total. The van der Waals surface area contributed by atoms with Gasteiger partial charge >= 0.3 is 0 Å². The Morgan fingerprint density at radius 3 is 1.43 bits per heavy atom. The van der Waals surface area contributed by atoms with Gasteiger partial charge in [-0.25, -0.2) is 0 Å². The van der Waals surface area contributed by atoms with Gasteiger partial charge in [0.05, 0.1) is 86.3 Å². The number of hydrogen-bond donors (Lipinski definition) is 2. The third-order valence-corrected chi connectivity index (χ3v) is 11.3. The summed E-state index contributed by atoms with van der Waals surface area (Å²) in [5.74, 6) is -0.260. The van der Waals surface area contributed by atoms with E-state index in [2.05, 4.69) is 62.3 Å². The number of fused-ring (bicyclic) bond motifs is 2. The maximum Gasteiger partial charge on any atom is 0.251 e. The van der Waals surface area contributed by atoms with Gasteiger partial charge in [0.1, 0.15) is 34.2 Å². The quantitative estimate of drug-likeness (QED) is 0.255. The Labute approximate surface area is 349 Å². The van der Waals surface area contributed by atoms with E-state index in [0.717, 1.165) is 37.7 Å². The van der Waals surface area contributed by atoms with Crippen molar-refractivity contribution in [2.45, 2.75) is 50.3 Å². The minimum absolute atomic E-state index is 0.127. The number of likely N-dealkylation sites (N-methyl/N-ethyl adjacent to an activating group) is 2. The van der Waals surface area contributed by atoms with Gasteiger partial charge in [0.2, 0.25) is 0 Å². The third-order valence-electron chi connectivity index (χ3n) is 11.3. The lowest BCUT2D eigenvalue weighted by molar-refractivity contribution is -0.138. The second-order valence-corrected chi connectivity index (χ2v) is 15.6. The SMILES string of the molecule is C[C@@H]1CN(c2ccc(C#N)c3nccnc23)C[C@H](C(=O)NC[C@@H]2COCCN2C)O1.C[C@@H]1CN(c2ccc(C#N)c3nccnc23)C[C@H](C(=O)NC[C@H]2COCCN2C)O1. The van der Waals surface area contributed by atoms with Crippen LogP contribution in [-0.4, -0.2) is 171 Å². The van der Waals surface area contributed by atoms with E-state index in [1.807, 2.05) is 40.1 Å². The lowest BCUT2D eigenvalue weighted by atomic mass is 10.1. The van der Waals surface area contributed by atoms with Gasteiger partial charge in [-0.1, -0.05) is 0 Å². The van der Waals surface area contributed by atoms with E-state index in [-0.39, 0.29) is 36.1 Å². The van der Waals surface area contributed by atoms with Crippen LogP contribution in [0, 0.1) is 22.7 Å². The van der Waals surface area contributed by atoms with Crippen LogP contribution in [0.15, 0.2) is 49.1 Å². The number of ether oxygens (including phenoxy) is 4. The first-order valence-corrected chi connectivity index (χ1v) is 20.3. The molecule has 8 rings (SSSR count). The van der Waals surface area contributed by atoms with Crippen LogP contribution in [0.25, 0.3) is 22.1 Å². The van der Waals surface area contributed by atoms with Crippen molar-refractivity contribution in [2.75, 3.05) is 103 Å². The van der Waals surface area contributed by atoms with E-state index in [1.54, 1.807) is 36.9 Å². The number of nitrogens with zero attached hydrogens (tertiary/aromatic N) is 10. The lowest BCUT2D eigenvalue weighted by Gasteiger charge is -2.38. The fourth-order valence-corrected chi connectivity index (χ4v) is 7.93. The molecule has 316 valence electrons. The Morgan fingerprint density at radius 1 is 0.650 bits per heavy atom. The number of amides is 2. The first-order valence-electron chi connectivity index (χ1n) is 20.3. The molecule has 4 aromatic rings. The molecule has 18 heteroatoms. The Hall–Kier alpha value is -5.60. The van der Waals surface area contributed by atoms with Gasteiger partial charge in [-0.2, -0.15) is 10.5 Å². The summed E-state index contributed by atoms with van der Waals surface area (Å²) >= 11 is 0. The second kappa shape index (κ2) is 19.6. The van der Waals surface area contributed by atoms with Crippen molar-refractivity contribution in [1.29, 1.82) is 10.5 Å². The molecule has 0 bridgehead atoms. The van der Waals surface area contributed by atoms with E-state index in [1.165, 1.54) is 0 Å². The van der Waals surface area contributed by atoms with Crippen LogP contribution in [-0.2, 0) is 28.5 Å². The van der Waals surface area contributed by atoms with Crippen LogP contribution >= 0.6 is 0 Å². The van der Waals surface area contributed by atoms with E-state index >= 15 is 0 Å². The van der Waals surface area contributed by atoms with E-state index in [9.17, 15) is 20.1 Å². The van der Waals surface area contributed by atoms with Crippen LogP contribution in [0.2, 0.25) is 0 Å². The maximum absolute atomic E-state index is 12.8. The Bertz CT molecular complexity index is 2080. The first kappa shape index (κ1) is 42.5. The zero-order valence-corrected chi connectivity index (χ0v) is 34.5. The van der Waals surface area contributed by atoms with Crippen LogP contribution < -0.4 is 20.4 Å². The number of nitrogens with one attached hydrogen (secondary N) is 2. The summed E-state index contributed by atoms with van der Waals surface area (Å²) in [6.45, 7) is 11.4. The molecule has 4 aliphatic heterocycles. The normalized spacial score (nSPS) is 25.1. The molecule has 4 aliphatic rings. The molecule has 0 radical (unpaired) electrons. The minimum Gasteiger partial charge on any atom is -0.378 e. The molecule has 2 aromatic carbocycles. The first-order chi connectivity index (χ1) is 29.1. The number of nitriles is 2. The van der Waals surface area contributed by atoms with Crippen molar-refractivity contribution >= 4 is 45.3 Å². The number of carbonyl (C=O) groups excluding carboxylic acids is 2. The monoisotopic (exact) mass is 820 g/mol. The summed E-state index contributed by atoms with van der Waals surface area (Å²) in [5, 5.41) is 24.8. The van der Waals surface area contributed by atoms with Gasteiger partial charge in [-0.15, -0.1) is 0 Å². The average molecular weight is 821 g/mol. The number of anilines is 2. The van der Waals surface area contributed by atoms with Crippen molar-refractivity contribution in [3.63, 3.8) is 0 Å². The summed E-state index contributed by atoms with van der Waals surface area (Å²) in [6, 6.07) is 11.9. The molecule has 2 amide bonds. The number of benzene rings is 2. The molecule has 6 heterocycles. The van der Waals surface area contributed by atoms with Gasteiger partial charge in [0.15, 0.2) is 12.2 Å². The van der Waals surface area contributed by atoms with Crippen molar-refractivity contribution < 1.29 is 28.5 Å². The molecule has 0 aliphatic carbocycles. The van der Waals surface area contributed by atoms with Crippen molar-refractivity contribution in [2.24, 2.45) is 0 Å². The lowest BCUT2D eigenvalue weighted by Crippen LogP contribution is -2.55. The van der Waals surface area contributed by atoms with Gasteiger partial charge in [-0.05, 0) is 52.2 Å². The van der Waals surface area contributed by atoms with Crippen molar-refractivity contribution in [1.82, 2.24) is 40.4 Å². The number of rotatable bonds is 8. The molecule has 4 fully saturated rings. The van der Waals surface area contributed by atoms with E-state index in [4.69, 9.17) is 18.9 Å². The molecule has 0 spiro atoms. The van der Waals surface area contributed by atoms with Crippen LogP contribution in [0.4, 0.5) is 11.4 Å². The molecule has 0 saturated carbocycles. The van der Waals surface area contributed by atoms with Crippen LogP contribution in [0.3, 0.4) is 0 Å². The van der Waals surface area contributed by atoms with Crippen LogP contribution in [0.1, 0.15) is 25.0 Å². The summed E-state index contributed by atoms with van der Waals surface area (Å²) < 4.78 is 22.9. The Morgan fingerprint density at radius 2 is 1.05 bits per heavy atom. The highest BCUT2D eigenvalue weighted by molar-refractivity contribution is 5.93. The zero-order valence-electron chi connectivity index (χ0n) is 34.5. The fourth-order valence-electron chi connectivity index (χ4n) is 7.93. The van der Waals surface area contributed by atoms with E-state index < -0.39 is 12.2 Å². The smallest absolute Gasteiger partial charge is 0.251 e. The molecular formula is C42H52N12O6. The zero-order chi connectivity index (χ0) is 42.2. The Kier molecular flexibility index (Phi) is 13.9. The predicted molar refractivity (Wildman–Crippen MR) is 222 cm³/mol. The summed E-state index contributed by atoms with van der Waals surface area (Å²) in [5.41, 5.74) is 5.12. The Balaban J connectivity index is 0.000000181. The molecule has 2 N–H and O–H groups in total. The second-order valence-electron chi connectivity index (χ2n) is 15.6.